The van der Waals surface area contributed by atoms with Crippen LogP contribution in [-0.2, 0) is 25.1 Å². The van der Waals surface area contributed by atoms with Crippen molar-refractivity contribution in [3.63, 3.8) is 0 Å². The molecule has 1 N–H and O–H groups in total. The molecular formula is C12H15NO7S. The van der Waals surface area contributed by atoms with Crippen molar-refractivity contribution in [2.24, 2.45) is 0 Å². The Morgan fingerprint density at radius 3 is 2.76 bits per heavy atom. The van der Waals surface area contributed by atoms with Gasteiger partial charge in [-0.2, -0.15) is 0 Å². The summed E-state index contributed by atoms with van der Waals surface area (Å²) in [6.07, 6.45) is 0.344. The van der Waals surface area contributed by atoms with Crippen molar-refractivity contribution in [2.45, 2.75) is 11.9 Å². The molecule has 1 aromatic rings. The van der Waals surface area contributed by atoms with E-state index >= 15 is 0 Å². The number of nitrogens with zero attached hydrogens (tertiary/aromatic N) is 1. The molecule has 1 aromatic carbocycles. The van der Waals surface area contributed by atoms with Crippen LogP contribution in [0.15, 0.2) is 24.3 Å². The van der Waals surface area contributed by atoms with E-state index in [1.165, 1.54) is 24.3 Å². The summed E-state index contributed by atoms with van der Waals surface area (Å²) in [5.74, 6) is -2.12. The van der Waals surface area contributed by atoms with Crippen LogP contribution in [0.2, 0.25) is 0 Å². The van der Waals surface area contributed by atoms with Crippen molar-refractivity contribution < 1.29 is 27.9 Å². The molecule has 0 spiro atoms. The van der Waals surface area contributed by atoms with Gasteiger partial charge < -0.3 is 14.6 Å². The van der Waals surface area contributed by atoms with Crippen LogP contribution in [-0.4, -0.2) is 49.8 Å². The molecule has 0 radical (unpaired) electrons. The van der Waals surface area contributed by atoms with Gasteiger partial charge in [-0.05, 0) is 0 Å². The van der Waals surface area contributed by atoms with Crippen LogP contribution >= 0.6 is 0 Å². The van der Waals surface area contributed by atoms with Gasteiger partial charge in [0, 0.05) is 24.0 Å². The number of ether oxygens (including phenoxy) is 2. The number of nitro groups is 1. The van der Waals surface area contributed by atoms with Gasteiger partial charge in [-0.25, -0.2) is 8.42 Å². The highest BCUT2D eigenvalue weighted by Crippen LogP contribution is 2.36. The molecule has 0 aromatic heterocycles. The third-order valence-corrected chi connectivity index (χ3v) is 3.92. The molecule has 1 saturated heterocycles. The number of aliphatic hydroxyl groups excluding tert-OH is 1. The summed E-state index contributed by atoms with van der Waals surface area (Å²) in [5.41, 5.74) is 0.0399. The van der Waals surface area contributed by atoms with E-state index in [0.29, 0.717) is 0 Å². The zero-order valence-corrected chi connectivity index (χ0v) is 12.1. The maximum Gasteiger partial charge on any atom is 0.269 e. The lowest BCUT2D eigenvalue weighted by Gasteiger charge is -2.27. The van der Waals surface area contributed by atoms with E-state index in [4.69, 9.17) is 14.6 Å². The Morgan fingerprint density at radius 2 is 2.24 bits per heavy atom. The van der Waals surface area contributed by atoms with Gasteiger partial charge in [0.25, 0.3) is 5.69 Å². The van der Waals surface area contributed by atoms with E-state index in [9.17, 15) is 18.5 Å². The second kappa shape index (κ2) is 5.68. The molecule has 116 valence electrons. The summed E-state index contributed by atoms with van der Waals surface area (Å²) in [4.78, 5) is 10.3. The van der Waals surface area contributed by atoms with Gasteiger partial charge in [0.05, 0.1) is 18.1 Å². The molecule has 1 fully saturated rings. The van der Waals surface area contributed by atoms with Crippen molar-refractivity contribution in [1.29, 1.82) is 0 Å². The lowest BCUT2D eigenvalue weighted by Crippen LogP contribution is -2.36. The Kier molecular flexibility index (Phi) is 4.28. The SMILES string of the molecule is CS(=O)(=O)C[C@@]1(c2cccc([N+](=O)[O-])c2)OC[C@@H](CO)O1. The van der Waals surface area contributed by atoms with Crippen molar-refractivity contribution >= 4 is 15.5 Å². The number of nitro benzene ring substituents is 1. The fourth-order valence-corrected chi connectivity index (χ4v) is 3.18. The van der Waals surface area contributed by atoms with Crippen molar-refractivity contribution in [3.05, 3.63) is 39.9 Å². The summed E-state index contributed by atoms with van der Waals surface area (Å²) in [6, 6.07) is 5.43. The average Bonchev–Trinajstić information content (AvgIpc) is 2.81. The number of hydrogen-bond donors (Lipinski definition) is 1. The lowest BCUT2D eigenvalue weighted by atomic mass is 10.1. The minimum absolute atomic E-state index is 0.00864. The molecule has 21 heavy (non-hydrogen) atoms. The molecule has 2 rings (SSSR count). The minimum atomic E-state index is -3.48. The van der Waals surface area contributed by atoms with Crippen molar-refractivity contribution in [1.82, 2.24) is 0 Å². The van der Waals surface area contributed by atoms with Gasteiger partial charge in [0.1, 0.15) is 11.9 Å². The molecule has 1 aliphatic rings. The van der Waals surface area contributed by atoms with Crippen LogP contribution in [0.25, 0.3) is 0 Å². The molecule has 9 heteroatoms. The number of aliphatic hydroxyl groups is 1. The van der Waals surface area contributed by atoms with Gasteiger partial charge in [-0.15, -0.1) is 0 Å². The first kappa shape index (κ1) is 15.8. The van der Waals surface area contributed by atoms with Gasteiger partial charge >= 0.3 is 0 Å². The number of non-ortho nitro benzene ring substituents is 1. The Bertz CT molecular complexity index is 645. The minimum Gasteiger partial charge on any atom is -0.394 e. The van der Waals surface area contributed by atoms with Crippen LogP contribution in [0.4, 0.5) is 5.69 Å². The van der Waals surface area contributed by atoms with Crippen LogP contribution in [0.3, 0.4) is 0 Å². The number of benzene rings is 1. The van der Waals surface area contributed by atoms with Gasteiger partial charge in [0.2, 0.25) is 5.79 Å². The van der Waals surface area contributed by atoms with E-state index in [2.05, 4.69) is 0 Å². The fraction of sp³-hybridized carbons (Fsp3) is 0.500. The standard InChI is InChI=1S/C12H15NO7S/c1-21(17,18)8-12(19-7-11(6-14)20-12)9-3-2-4-10(5-9)13(15)16/h2-5,11,14H,6-8H2,1H3/t11-,12-/m1/s1. The van der Waals surface area contributed by atoms with E-state index in [1.807, 2.05) is 0 Å². The van der Waals surface area contributed by atoms with Crippen LogP contribution < -0.4 is 0 Å². The highest BCUT2D eigenvalue weighted by molar-refractivity contribution is 7.90. The molecular weight excluding hydrogens is 302 g/mol. The zero-order chi connectivity index (χ0) is 15.7. The number of rotatable bonds is 5. The largest absolute Gasteiger partial charge is 0.394 e. The molecule has 0 amide bonds. The number of hydrogen-bond acceptors (Lipinski definition) is 7. The first-order valence-corrected chi connectivity index (χ1v) is 8.17. The van der Waals surface area contributed by atoms with Gasteiger partial charge in [0.15, 0.2) is 9.84 Å². The average molecular weight is 317 g/mol. The molecule has 8 nitrogen and oxygen atoms in total. The second-order valence-corrected chi connectivity index (χ2v) is 7.00. The third kappa shape index (κ3) is 3.56. The van der Waals surface area contributed by atoms with E-state index in [0.717, 1.165) is 6.26 Å². The topological polar surface area (TPSA) is 116 Å². The van der Waals surface area contributed by atoms with E-state index in [1.54, 1.807) is 0 Å². The summed E-state index contributed by atoms with van der Waals surface area (Å²) in [6.45, 7) is -0.324. The first-order valence-electron chi connectivity index (χ1n) is 6.11. The maximum atomic E-state index is 11.6. The predicted molar refractivity (Wildman–Crippen MR) is 72.4 cm³/mol. The Labute approximate surface area is 121 Å². The molecule has 0 saturated carbocycles. The molecule has 0 unspecified atom stereocenters. The zero-order valence-electron chi connectivity index (χ0n) is 11.3. The van der Waals surface area contributed by atoms with Crippen LogP contribution in [0.5, 0.6) is 0 Å². The molecule has 1 heterocycles. The fourth-order valence-electron chi connectivity index (χ4n) is 2.17. The lowest BCUT2D eigenvalue weighted by molar-refractivity contribution is -0.385. The summed E-state index contributed by atoms with van der Waals surface area (Å²) < 4.78 is 34.2. The summed E-state index contributed by atoms with van der Waals surface area (Å²) >= 11 is 0. The van der Waals surface area contributed by atoms with Crippen molar-refractivity contribution in [3.8, 4) is 0 Å². The van der Waals surface area contributed by atoms with Gasteiger partial charge in [-0.3, -0.25) is 10.1 Å². The van der Waals surface area contributed by atoms with Crippen molar-refractivity contribution in [2.75, 3.05) is 25.2 Å². The highest BCUT2D eigenvalue weighted by atomic mass is 32.2. The van der Waals surface area contributed by atoms with E-state index < -0.39 is 32.4 Å². The predicted octanol–water partition coefficient (Wildman–Crippen LogP) is 0.200. The van der Waals surface area contributed by atoms with Crippen LogP contribution in [0.1, 0.15) is 5.56 Å². The molecule has 1 aliphatic heterocycles. The number of sulfone groups is 1. The van der Waals surface area contributed by atoms with Crippen LogP contribution in [0, 0.1) is 10.1 Å². The summed E-state index contributed by atoms with van der Waals surface area (Å²) in [5, 5.41) is 20.0. The molecule has 0 aliphatic carbocycles. The normalized spacial score (nSPS) is 25.9. The highest BCUT2D eigenvalue weighted by Gasteiger charge is 2.46. The first-order chi connectivity index (χ1) is 9.76. The Hall–Kier alpha value is -1.55. The summed E-state index contributed by atoms with van der Waals surface area (Å²) in [7, 11) is -3.48. The third-order valence-electron chi connectivity index (χ3n) is 3.01. The second-order valence-electron chi connectivity index (χ2n) is 4.86. The Balaban J connectivity index is 2.45. The Morgan fingerprint density at radius 1 is 1.52 bits per heavy atom. The quantitative estimate of drug-likeness (QED) is 0.609. The maximum absolute atomic E-state index is 11.6. The smallest absolute Gasteiger partial charge is 0.269 e. The monoisotopic (exact) mass is 317 g/mol. The van der Waals surface area contributed by atoms with Gasteiger partial charge in [-0.1, -0.05) is 12.1 Å². The molecule has 2 atom stereocenters. The van der Waals surface area contributed by atoms with E-state index in [-0.39, 0.29) is 24.5 Å². The molecule has 0 bridgehead atoms.